The minimum Gasteiger partial charge on any atom is -0.352 e. The molecule has 1 aliphatic rings. The van der Waals surface area contributed by atoms with Gasteiger partial charge in [-0.25, -0.2) is 0 Å². The van der Waals surface area contributed by atoms with Gasteiger partial charge in [-0.1, -0.05) is 0 Å². The van der Waals surface area contributed by atoms with Gasteiger partial charge in [-0.05, 0) is 30.8 Å². The molecule has 19 heavy (non-hydrogen) atoms. The van der Waals surface area contributed by atoms with E-state index >= 15 is 0 Å². The molecule has 1 aromatic heterocycles. The van der Waals surface area contributed by atoms with Gasteiger partial charge in [-0.2, -0.15) is 11.3 Å². The molecule has 104 valence electrons. The van der Waals surface area contributed by atoms with Crippen LogP contribution in [0, 0.1) is 0 Å². The lowest BCUT2D eigenvalue weighted by Gasteiger charge is -2.23. The fraction of sp³-hybridized carbons (Fsp3) is 0.538. The molecule has 0 saturated carbocycles. The van der Waals surface area contributed by atoms with Crippen molar-refractivity contribution < 1.29 is 9.59 Å². The van der Waals surface area contributed by atoms with Crippen LogP contribution in [0.3, 0.4) is 0 Å². The molecule has 5 nitrogen and oxygen atoms in total. The molecule has 0 bridgehead atoms. The van der Waals surface area contributed by atoms with Crippen LogP contribution in [0.1, 0.15) is 29.6 Å². The van der Waals surface area contributed by atoms with Gasteiger partial charge in [-0.3, -0.25) is 9.59 Å². The van der Waals surface area contributed by atoms with Crippen molar-refractivity contribution in [1.29, 1.82) is 0 Å². The second kappa shape index (κ2) is 7.25. The number of carbonyl (C=O) groups is 2. The van der Waals surface area contributed by atoms with Gasteiger partial charge >= 0.3 is 0 Å². The zero-order valence-electron chi connectivity index (χ0n) is 10.8. The largest absolute Gasteiger partial charge is 0.352 e. The topological polar surface area (TPSA) is 70.2 Å². The standard InChI is InChI=1S/C13H19N3O2S/c17-12(16-11-2-1-5-14-8-11)3-6-15-13(18)10-4-7-19-9-10/h4,7,9,11,14H,1-3,5-6,8H2,(H,15,18)(H,16,17). The highest BCUT2D eigenvalue weighted by atomic mass is 32.1. The summed E-state index contributed by atoms with van der Waals surface area (Å²) in [6.45, 7) is 2.25. The third kappa shape index (κ3) is 4.65. The highest BCUT2D eigenvalue weighted by molar-refractivity contribution is 7.08. The fourth-order valence-corrected chi connectivity index (χ4v) is 2.70. The van der Waals surface area contributed by atoms with Gasteiger partial charge in [0, 0.05) is 36.5 Å². The van der Waals surface area contributed by atoms with Crippen LogP contribution in [0.15, 0.2) is 16.8 Å². The van der Waals surface area contributed by atoms with Crippen LogP contribution < -0.4 is 16.0 Å². The van der Waals surface area contributed by atoms with E-state index in [-0.39, 0.29) is 17.9 Å². The maximum atomic E-state index is 11.7. The highest BCUT2D eigenvalue weighted by Crippen LogP contribution is 2.05. The summed E-state index contributed by atoms with van der Waals surface area (Å²) in [4.78, 5) is 23.3. The van der Waals surface area contributed by atoms with Crippen LogP contribution >= 0.6 is 11.3 Å². The number of nitrogens with one attached hydrogen (secondary N) is 3. The second-order valence-electron chi connectivity index (χ2n) is 4.63. The zero-order chi connectivity index (χ0) is 13.5. The lowest BCUT2D eigenvalue weighted by Crippen LogP contribution is -2.46. The second-order valence-corrected chi connectivity index (χ2v) is 5.41. The number of rotatable bonds is 5. The van der Waals surface area contributed by atoms with Gasteiger partial charge in [0.05, 0.1) is 0 Å². The lowest BCUT2D eigenvalue weighted by atomic mass is 10.1. The molecule has 0 radical (unpaired) electrons. The van der Waals surface area contributed by atoms with Crippen LogP contribution in [0.2, 0.25) is 0 Å². The van der Waals surface area contributed by atoms with Crippen LogP contribution in [0.25, 0.3) is 0 Å². The van der Waals surface area contributed by atoms with Crippen molar-refractivity contribution in [1.82, 2.24) is 16.0 Å². The molecule has 2 rings (SSSR count). The average Bonchev–Trinajstić information content (AvgIpc) is 2.93. The minimum absolute atomic E-state index is 0.000631. The van der Waals surface area contributed by atoms with Crippen molar-refractivity contribution in [3.63, 3.8) is 0 Å². The first-order valence-electron chi connectivity index (χ1n) is 6.56. The summed E-state index contributed by atoms with van der Waals surface area (Å²) in [6.07, 6.45) is 2.45. The van der Waals surface area contributed by atoms with Crippen molar-refractivity contribution >= 4 is 23.2 Å². The van der Waals surface area contributed by atoms with Crippen LogP contribution in [-0.2, 0) is 4.79 Å². The van der Waals surface area contributed by atoms with Gasteiger partial charge in [0.1, 0.15) is 0 Å². The zero-order valence-corrected chi connectivity index (χ0v) is 11.6. The van der Waals surface area contributed by atoms with E-state index in [4.69, 9.17) is 0 Å². The Bertz CT molecular complexity index is 414. The summed E-state index contributed by atoms with van der Waals surface area (Å²) in [7, 11) is 0. The first-order valence-corrected chi connectivity index (χ1v) is 7.50. The Morgan fingerprint density at radius 3 is 3.05 bits per heavy atom. The molecule has 1 fully saturated rings. The molecule has 1 aliphatic heterocycles. The van der Waals surface area contributed by atoms with E-state index in [0.717, 1.165) is 25.9 Å². The normalized spacial score (nSPS) is 18.8. The molecule has 2 amide bonds. The van der Waals surface area contributed by atoms with Crippen molar-refractivity contribution in [2.75, 3.05) is 19.6 Å². The first-order chi connectivity index (χ1) is 9.25. The van der Waals surface area contributed by atoms with Gasteiger partial charge in [-0.15, -0.1) is 0 Å². The number of piperidine rings is 1. The van der Waals surface area contributed by atoms with Gasteiger partial charge in [0.2, 0.25) is 5.91 Å². The number of hydrogen-bond donors (Lipinski definition) is 3. The summed E-state index contributed by atoms with van der Waals surface area (Å²) in [6, 6.07) is 2.00. The molecule has 1 unspecified atom stereocenters. The van der Waals surface area contributed by atoms with Crippen LogP contribution in [-0.4, -0.2) is 37.5 Å². The molecule has 1 atom stereocenters. The summed E-state index contributed by atoms with van der Waals surface area (Å²) in [5.41, 5.74) is 0.655. The molecule has 2 heterocycles. The molecular weight excluding hydrogens is 262 g/mol. The maximum Gasteiger partial charge on any atom is 0.252 e. The van der Waals surface area contributed by atoms with Gasteiger partial charge in [0.25, 0.3) is 5.91 Å². The van der Waals surface area contributed by atoms with Crippen molar-refractivity contribution in [3.05, 3.63) is 22.4 Å². The minimum atomic E-state index is -0.117. The Balaban J connectivity index is 1.62. The van der Waals surface area contributed by atoms with E-state index in [1.807, 2.05) is 5.38 Å². The van der Waals surface area contributed by atoms with Crippen LogP contribution in [0.4, 0.5) is 0 Å². The number of hydrogen-bond acceptors (Lipinski definition) is 4. The Morgan fingerprint density at radius 2 is 2.37 bits per heavy atom. The molecule has 0 spiro atoms. The first kappa shape index (κ1) is 14.0. The summed E-state index contributed by atoms with van der Waals surface area (Å²) in [5, 5.41) is 12.6. The van der Waals surface area contributed by atoms with E-state index in [1.165, 1.54) is 11.3 Å². The quantitative estimate of drug-likeness (QED) is 0.745. The molecular formula is C13H19N3O2S. The fourth-order valence-electron chi connectivity index (χ4n) is 2.06. The summed E-state index contributed by atoms with van der Waals surface area (Å²) in [5.74, 6) is -0.118. The summed E-state index contributed by atoms with van der Waals surface area (Å²) < 4.78 is 0. The summed E-state index contributed by atoms with van der Waals surface area (Å²) >= 11 is 1.48. The predicted molar refractivity (Wildman–Crippen MR) is 75.3 cm³/mol. The van der Waals surface area contributed by atoms with E-state index in [2.05, 4.69) is 16.0 Å². The number of amides is 2. The molecule has 3 N–H and O–H groups in total. The molecule has 6 heteroatoms. The smallest absolute Gasteiger partial charge is 0.252 e. The van der Waals surface area contributed by atoms with Crippen molar-refractivity contribution in [2.24, 2.45) is 0 Å². The Hall–Kier alpha value is -1.40. The van der Waals surface area contributed by atoms with Crippen LogP contribution in [0.5, 0.6) is 0 Å². The Kier molecular flexibility index (Phi) is 5.35. The SMILES string of the molecule is O=C(CCNC(=O)c1ccsc1)NC1CCCNC1. The van der Waals surface area contributed by atoms with Crippen molar-refractivity contribution in [2.45, 2.75) is 25.3 Å². The third-order valence-corrected chi connectivity index (χ3v) is 3.77. The van der Waals surface area contributed by atoms with Crippen molar-refractivity contribution in [3.8, 4) is 0 Å². The molecule has 0 aliphatic carbocycles. The lowest BCUT2D eigenvalue weighted by molar-refractivity contribution is -0.121. The highest BCUT2D eigenvalue weighted by Gasteiger charge is 2.15. The van der Waals surface area contributed by atoms with Gasteiger partial charge in [0.15, 0.2) is 0 Å². The number of carbonyl (C=O) groups excluding carboxylic acids is 2. The third-order valence-electron chi connectivity index (χ3n) is 3.08. The average molecular weight is 281 g/mol. The Labute approximate surface area is 116 Å². The van der Waals surface area contributed by atoms with E-state index < -0.39 is 0 Å². The van der Waals surface area contributed by atoms with E-state index in [1.54, 1.807) is 11.4 Å². The molecule has 0 aromatic carbocycles. The van der Waals surface area contributed by atoms with E-state index in [9.17, 15) is 9.59 Å². The monoisotopic (exact) mass is 281 g/mol. The Morgan fingerprint density at radius 1 is 1.47 bits per heavy atom. The van der Waals surface area contributed by atoms with E-state index in [0.29, 0.717) is 18.5 Å². The predicted octanol–water partition coefficient (Wildman–Crippen LogP) is 0.736. The van der Waals surface area contributed by atoms with Gasteiger partial charge < -0.3 is 16.0 Å². The maximum absolute atomic E-state index is 11.7. The molecule has 1 saturated heterocycles. The number of thiophene rings is 1. The molecule has 1 aromatic rings.